The molecule has 3 N–H and O–H groups in total. The van der Waals surface area contributed by atoms with E-state index in [4.69, 9.17) is 0 Å². The van der Waals surface area contributed by atoms with E-state index in [-0.39, 0.29) is 18.6 Å². The summed E-state index contributed by atoms with van der Waals surface area (Å²) in [7, 11) is 0. The van der Waals surface area contributed by atoms with Gasteiger partial charge < -0.3 is 22.9 Å². The molecular formula is C5H10ClNO2. The van der Waals surface area contributed by atoms with Crippen LogP contribution in [0.3, 0.4) is 0 Å². The summed E-state index contributed by atoms with van der Waals surface area (Å²) in [6.07, 6.45) is 0.822. The lowest BCUT2D eigenvalue weighted by Crippen LogP contribution is -3.00. The van der Waals surface area contributed by atoms with Crippen LogP contribution in [0, 0.1) is 0 Å². The van der Waals surface area contributed by atoms with Crippen molar-refractivity contribution < 1.29 is 27.7 Å². The zero-order chi connectivity index (χ0) is 6.57. The van der Waals surface area contributed by atoms with Crippen molar-refractivity contribution in [3.63, 3.8) is 0 Å². The quantitative estimate of drug-likeness (QED) is 0.251. The fourth-order valence-electron chi connectivity index (χ4n) is 0.246. The Morgan fingerprint density at radius 3 is 2.44 bits per heavy atom. The van der Waals surface area contributed by atoms with Crippen LogP contribution in [0.5, 0.6) is 0 Å². The first-order chi connectivity index (χ1) is 3.66. The molecule has 54 valence electrons. The average molecular weight is 152 g/mol. The normalized spacial score (nSPS) is 10.9. The Morgan fingerprint density at radius 1 is 1.89 bits per heavy atom. The molecule has 1 unspecified atom stereocenters. The second-order valence-electron chi connectivity index (χ2n) is 1.45. The van der Waals surface area contributed by atoms with Gasteiger partial charge in [0.15, 0.2) is 0 Å². The van der Waals surface area contributed by atoms with Crippen LogP contribution in [-0.4, -0.2) is 12.2 Å². The first kappa shape index (κ1) is 11.3. The highest BCUT2D eigenvalue weighted by molar-refractivity contribution is 5.81. The van der Waals surface area contributed by atoms with Crippen LogP contribution in [0.1, 0.15) is 6.92 Å². The van der Waals surface area contributed by atoms with Crippen molar-refractivity contribution in [1.29, 1.82) is 0 Å². The summed E-state index contributed by atoms with van der Waals surface area (Å²) in [5.41, 5.74) is 3.44. The fraction of sp³-hybridized carbons (Fsp3) is 0.400. The Morgan fingerprint density at radius 2 is 2.33 bits per heavy atom. The Hall–Kier alpha value is -0.540. The number of halogens is 1. The van der Waals surface area contributed by atoms with Gasteiger partial charge in [-0.05, 0) is 0 Å². The summed E-state index contributed by atoms with van der Waals surface area (Å²) in [6, 6.07) is 0. The van der Waals surface area contributed by atoms with Crippen LogP contribution >= 0.6 is 0 Å². The Bertz CT molecular complexity index is 103. The van der Waals surface area contributed by atoms with Gasteiger partial charge in [-0.25, -0.2) is 4.79 Å². The summed E-state index contributed by atoms with van der Waals surface area (Å²) in [4.78, 5) is 10.2. The monoisotopic (exact) mass is 151 g/mol. The fourth-order valence-corrected chi connectivity index (χ4v) is 0.246. The highest BCUT2D eigenvalue weighted by Gasteiger charge is 1.99. The maximum absolute atomic E-state index is 10.2. The van der Waals surface area contributed by atoms with Gasteiger partial charge in [0.2, 0.25) is 6.23 Å². The van der Waals surface area contributed by atoms with E-state index in [2.05, 4.69) is 17.0 Å². The van der Waals surface area contributed by atoms with E-state index in [0.717, 1.165) is 6.08 Å². The minimum absolute atomic E-state index is 0. The van der Waals surface area contributed by atoms with E-state index < -0.39 is 5.97 Å². The molecule has 0 spiro atoms. The zero-order valence-corrected chi connectivity index (χ0v) is 6.02. The van der Waals surface area contributed by atoms with Crippen molar-refractivity contribution in [2.45, 2.75) is 13.2 Å². The minimum Gasteiger partial charge on any atom is -1.00 e. The molecule has 0 saturated carbocycles. The summed E-state index contributed by atoms with van der Waals surface area (Å²) < 4.78 is 4.53. The van der Waals surface area contributed by atoms with Gasteiger partial charge in [-0.2, -0.15) is 0 Å². The molecule has 3 nitrogen and oxygen atoms in total. The molecule has 0 aromatic rings. The average Bonchev–Trinajstić information content (AvgIpc) is 1.65. The molecule has 0 aromatic carbocycles. The number of hydrogen-bond acceptors (Lipinski definition) is 2. The number of esters is 1. The Kier molecular flexibility index (Phi) is 7.01. The van der Waals surface area contributed by atoms with Crippen molar-refractivity contribution in [2.75, 3.05) is 0 Å². The van der Waals surface area contributed by atoms with Gasteiger partial charge in [0.05, 0.1) is 0 Å². The molecule has 0 aromatic heterocycles. The van der Waals surface area contributed by atoms with E-state index in [1.54, 1.807) is 6.92 Å². The highest BCUT2D eigenvalue weighted by Crippen LogP contribution is 1.79. The lowest BCUT2D eigenvalue weighted by atomic mass is 10.6. The van der Waals surface area contributed by atoms with Gasteiger partial charge >= 0.3 is 5.97 Å². The molecule has 0 heterocycles. The molecule has 0 saturated heterocycles. The van der Waals surface area contributed by atoms with Gasteiger partial charge in [-0.15, -0.1) is 0 Å². The van der Waals surface area contributed by atoms with Crippen LogP contribution in [0.4, 0.5) is 0 Å². The second-order valence-corrected chi connectivity index (χ2v) is 1.45. The van der Waals surface area contributed by atoms with E-state index in [0.29, 0.717) is 0 Å². The van der Waals surface area contributed by atoms with E-state index in [1.165, 1.54) is 0 Å². The predicted octanol–water partition coefficient (Wildman–Crippen LogP) is -3.69. The topological polar surface area (TPSA) is 53.9 Å². The minimum atomic E-state index is -0.424. The summed E-state index contributed by atoms with van der Waals surface area (Å²) in [6.45, 7) is 4.89. The van der Waals surface area contributed by atoms with Crippen LogP contribution in [-0.2, 0) is 9.53 Å². The zero-order valence-electron chi connectivity index (χ0n) is 5.26. The third-order valence-electron chi connectivity index (χ3n) is 0.484. The van der Waals surface area contributed by atoms with E-state index in [1.807, 2.05) is 0 Å². The number of quaternary nitrogens is 1. The first-order valence-corrected chi connectivity index (χ1v) is 2.33. The molecule has 0 aliphatic rings. The molecule has 1 atom stereocenters. The highest BCUT2D eigenvalue weighted by atomic mass is 35.5. The second kappa shape index (κ2) is 5.59. The largest absolute Gasteiger partial charge is 1.00 e. The van der Waals surface area contributed by atoms with E-state index in [9.17, 15) is 4.79 Å². The molecular weight excluding hydrogens is 142 g/mol. The smallest absolute Gasteiger partial charge is 0.334 e. The standard InChI is InChI=1S/C5H9NO2.ClH/c1-3-5(7)8-4(2)6;/h3-4H,1,6H2,2H3;1H. The lowest BCUT2D eigenvalue weighted by molar-refractivity contribution is -0.473. The summed E-state index contributed by atoms with van der Waals surface area (Å²) in [5, 5.41) is 0. The predicted molar refractivity (Wildman–Crippen MR) is 28.6 cm³/mol. The molecule has 4 heteroatoms. The Labute approximate surface area is 60.3 Å². The number of ether oxygens (including phenoxy) is 1. The molecule has 9 heavy (non-hydrogen) atoms. The first-order valence-electron chi connectivity index (χ1n) is 2.33. The molecule has 0 bridgehead atoms. The molecule has 0 rings (SSSR count). The number of rotatable bonds is 2. The van der Waals surface area contributed by atoms with Gasteiger partial charge in [-0.1, -0.05) is 6.58 Å². The lowest BCUT2D eigenvalue weighted by Gasteiger charge is -1.99. The van der Waals surface area contributed by atoms with E-state index >= 15 is 0 Å². The van der Waals surface area contributed by atoms with Crippen molar-refractivity contribution in [1.82, 2.24) is 0 Å². The molecule has 0 aliphatic heterocycles. The van der Waals surface area contributed by atoms with Crippen molar-refractivity contribution >= 4 is 5.97 Å². The van der Waals surface area contributed by atoms with Crippen molar-refractivity contribution in [3.05, 3.63) is 12.7 Å². The number of carbonyl (C=O) groups excluding carboxylic acids is 1. The molecule has 0 aliphatic carbocycles. The SMILES string of the molecule is C=CC(=O)OC(C)[NH3+].[Cl-]. The van der Waals surface area contributed by atoms with Crippen LogP contribution in [0.2, 0.25) is 0 Å². The maximum atomic E-state index is 10.2. The Balaban J connectivity index is 0. The number of carbonyl (C=O) groups is 1. The molecule has 0 fully saturated rings. The van der Waals surface area contributed by atoms with Crippen molar-refractivity contribution in [2.24, 2.45) is 0 Å². The van der Waals surface area contributed by atoms with Crippen LogP contribution in [0.25, 0.3) is 0 Å². The third-order valence-corrected chi connectivity index (χ3v) is 0.484. The number of hydrogen-bond donors (Lipinski definition) is 1. The van der Waals surface area contributed by atoms with Gasteiger partial charge in [0.1, 0.15) is 0 Å². The third kappa shape index (κ3) is 7.46. The van der Waals surface area contributed by atoms with Gasteiger partial charge in [0, 0.05) is 13.0 Å². The van der Waals surface area contributed by atoms with Crippen molar-refractivity contribution in [3.8, 4) is 0 Å². The summed E-state index contributed by atoms with van der Waals surface area (Å²) in [5.74, 6) is -0.424. The summed E-state index contributed by atoms with van der Waals surface area (Å²) >= 11 is 0. The maximum Gasteiger partial charge on any atom is 0.334 e. The molecule has 0 amide bonds. The van der Waals surface area contributed by atoms with Gasteiger partial charge in [0.25, 0.3) is 0 Å². The van der Waals surface area contributed by atoms with Gasteiger partial charge in [-0.3, -0.25) is 0 Å². The van der Waals surface area contributed by atoms with Crippen LogP contribution in [0.15, 0.2) is 12.7 Å². The van der Waals surface area contributed by atoms with Crippen LogP contribution < -0.4 is 18.1 Å². The molecule has 0 radical (unpaired) electrons.